The molecule has 0 fully saturated rings. The highest BCUT2D eigenvalue weighted by atomic mass is 32.2. The van der Waals surface area contributed by atoms with Crippen LogP contribution in [0.15, 0.2) is 11.1 Å². The fraction of sp³-hybridized carbons (Fsp3) is 0.571. The van der Waals surface area contributed by atoms with Gasteiger partial charge in [-0.2, -0.15) is 0 Å². The molecule has 0 N–H and O–H groups in total. The molecular weight excluding hydrogens is 194 g/mol. The van der Waals surface area contributed by atoms with Crippen LogP contribution in [-0.2, 0) is 19.4 Å². The van der Waals surface area contributed by atoms with Crippen LogP contribution in [0.3, 0.4) is 0 Å². The maximum atomic E-state index is 11.1. The van der Waals surface area contributed by atoms with Gasteiger partial charge in [-0.1, -0.05) is 0 Å². The van der Waals surface area contributed by atoms with Crippen molar-refractivity contribution in [2.45, 2.75) is 0 Å². The summed E-state index contributed by atoms with van der Waals surface area (Å²) in [6, 6.07) is 0. The first kappa shape index (κ1) is 12.0. The van der Waals surface area contributed by atoms with E-state index >= 15 is 0 Å². The molecule has 0 radical (unpaired) electrons. The van der Waals surface area contributed by atoms with Crippen molar-refractivity contribution in [1.29, 1.82) is 0 Å². The lowest BCUT2D eigenvalue weighted by atomic mass is 10.6. The van der Waals surface area contributed by atoms with E-state index in [2.05, 4.69) is 4.74 Å². The molecule has 0 saturated heterocycles. The summed E-state index contributed by atoms with van der Waals surface area (Å²) in [6.07, 6.45) is 2.17. The largest absolute Gasteiger partial charge is 0.465 e. The number of nitrogens with zero attached hydrogens (tertiary/aromatic N) is 1. The monoisotopic (exact) mass is 207 g/mol. The van der Waals surface area contributed by atoms with Gasteiger partial charge in [-0.05, 0) is 0 Å². The van der Waals surface area contributed by atoms with E-state index in [0.29, 0.717) is 0 Å². The average molecular weight is 207 g/mol. The summed E-state index contributed by atoms with van der Waals surface area (Å²) < 4.78 is 26.5. The first-order valence-corrected chi connectivity index (χ1v) is 5.34. The zero-order chi connectivity index (χ0) is 10.6. The Hall–Kier alpha value is -1.04. The number of ether oxygens (including phenoxy) is 1. The van der Waals surface area contributed by atoms with Crippen molar-refractivity contribution in [1.82, 2.24) is 4.90 Å². The van der Waals surface area contributed by atoms with Gasteiger partial charge < -0.3 is 9.64 Å². The number of methoxy groups -OCH3 is 1. The quantitative estimate of drug-likeness (QED) is 0.465. The maximum absolute atomic E-state index is 11.1. The Morgan fingerprint density at radius 1 is 1.38 bits per heavy atom. The van der Waals surface area contributed by atoms with E-state index in [1.807, 2.05) is 0 Å². The molecule has 0 aliphatic heterocycles. The molecule has 13 heavy (non-hydrogen) atoms. The molecule has 0 amide bonds. The molecule has 0 aromatic heterocycles. The molecule has 76 valence electrons. The highest BCUT2D eigenvalue weighted by Crippen LogP contribution is 2.06. The Bertz CT molecular complexity index is 315. The Morgan fingerprint density at radius 3 is 2.08 bits per heavy atom. The second kappa shape index (κ2) is 4.27. The minimum absolute atomic E-state index is 0.347. The molecule has 0 spiro atoms. The number of carbonyl (C=O) groups excluding carboxylic acids is 1. The van der Waals surface area contributed by atoms with Crippen LogP contribution in [-0.4, -0.2) is 46.7 Å². The van der Waals surface area contributed by atoms with Crippen molar-refractivity contribution in [3.05, 3.63) is 11.1 Å². The van der Waals surface area contributed by atoms with Crippen LogP contribution in [0.5, 0.6) is 0 Å². The van der Waals surface area contributed by atoms with Gasteiger partial charge >= 0.3 is 5.97 Å². The Morgan fingerprint density at radius 2 is 1.85 bits per heavy atom. The highest BCUT2D eigenvalue weighted by Gasteiger charge is 2.21. The number of rotatable bonds is 3. The molecule has 0 atom stereocenters. The normalized spacial score (nSPS) is 12.5. The van der Waals surface area contributed by atoms with Crippen molar-refractivity contribution in [2.75, 3.05) is 27.5 Å². The first-order valence-electron chi connectivity index (χ1n) is 3.45. The van der Waals surface area contributed by atoms with Crippen LogP contribution < -0.4 is 0 Å². The van der Waals surface area contributed by atoms with Crippen molar-refractivity contribution < 1.29 is 17.9 Å². The lowest BCUT2D eigenvalue weighted by Gasteiger charge is -2.08. The molecule has 5 nitrogen and oxygen atoms in total. The molecule has 6 heteroatoms. The third-order valence-electron chi connectivity index (χ3n) is 1.16. The van der Waals surface area contributed by atoms with Crippen molar-refractivity contribution in [3.63, 3.8) is 0 Å². The summed E-state index contributed by atoms with van der Waals surface area (Å²) in [5.41, 5.74) is 0. The predicted octanol–water partition coefficient (Wildman–Crippen LogP) is -0.393. The summed E-state index contributed by atoms with van der Waals surface area (Å²) in [6.45, 7) is 0. The zero-order valence-corrected chi connectivity index (χ0v) is 8.88. The molecule has 0 rings (SSSR count). The maximum Gasteiger partial charge on any atom is 0.351 e. The van der Waals surface area contributed by atoms with E-state index in [1.165, 1.54) is 11.1 Å². The summed E-state index contributed by atoms with van der Waals surface area (Å²) in [5.74, 6) is -0.851. The number of hydrogen-bond acceptors (Lipinski definition) is 5. The minimum Gasteiger partial charge on any atom is -0.465 e. The number of carbonyl (C=O) groups is 1. The lowest BCUT2D eigenvalue weighted by Crippen LogP contribution is -2.17. The molecule has 0 saturated carbocycles. The summed E-state index contributed by atoms with van der Waals surface area (Å²) >= 11 is 0. The molecule has 0 aromatic rings. The van der Waals surface area contributed by atoms with Gasteiger partial charge in [0.1, 0.15) is 0 Å². The van der Waals surface area contributed by atoms with E-state index in [4.69, 9.17) is 0 Å². The topological polar surface area (TPSA) is 63.7 Å². The fourth-order valence-corrected chi connectivity index (χ4v) is 1.42. The van der Waals surface area contributed by atoms with E-state index in [1.54, 1.807) is 14.1 Å². The fourth-order valence-electron chi connectivity index (χ4n) is 0.635. The summed E-state index contributed by atoms with van der Waals surface area (Å²) in [5, 5.41) is 0. The van der Waals surface area contributed by atoms with Gasteiger partial charge in [0, 0.05) is 26.6 Å². The molecule has 0 bridgehead atoms. The minimum atomic E-state index is -3.53. The molecule has 0 aromatic carbocycles. The van der Waals surface area contributed by atoms with Gasteiger partial charge in [-0.3, -0.25) is 0 Å². The highest BCUT2D eigenvalue weighted by molar-refractivity contribution is 7.95. The van der Waals surface area contributed by atoms with Gasteiger partial charge in [0.05, 0.1) is 7.11 Å². The third kappa shape index (κ3) is 3.93. The van der Waals surface area contributed by atoms with E-state index < -0.39 is 15.8 Å². The Kier molecular flexibility index (Phi) is 3.93. The van der Waals surface area contributed by atoms with Gasteiger partial charge in [-0.15, -0.1) is 0 Å². The SMILES string of the molecule is COC(=O)C(=CN(C)C)S(C)(=O)=O. The molecule has 0 aliphatic rings. The second-order valence-electron chi connectivity index (χ2n) is 2.72. The lowest BCUT2D eigenvalue weighted by molar-refractivity contribution is -0.135. The van der Waals surface area contributed by atoms with Crippen molar-refractivity contribution >= 4 is 15.8 Å². The molecule has 0 heterocycles. The van der Waals surface area contributed by atoms with Gasteiger partial charge in [0.2, 0.25) is 0 Å². The number of sulfone groups is 1. The predicted molar refractivity (Wildman–Crippen MR) is 48.6 cm³/mol. The third-order valence-corrected chi connectivity index (χ3v) is 2.23. The summed E-state index contributed by atoms with van der Waals surface area (Å²) in [7, 11) is 0.848. The Balaban J connectivity index is 5.12. The average Bonchev–Trinajstić information content (AvgIpc) is 1.96. The van der Waals surface area contributed by atoms with E-state index in [9.17, 15) is 13.2 Å². The van der Waals surface area contributed by atoms with E-state index in [0.717, 1.165) is 13.4 Å². The number of esters is 1. The number of hydrogen-bond donors (Lipinski definition) is 0. The van der Waals surface area contributed by atoms with Crippen molar-refractivity contribution in [3.8, 4) is 0 Å². The van der Waals surface area contributed by atoms with Gasteiger partial charge in [0.15, 0.2) is 14.7 Å². The smallest absolute Gasteiger partial charge is 0.351 e. The van der Waals surface area contributed by atoms with Crippen LogP contribution >= 0.6 is 0 Å². The van der Waals surface area contributed by atoms with Crippen LogP contribution in [0.25, 0.3) is 0 Å². The Labute approximate surface area is 77.9 Å². The summed E-state index contributed by atoms with van der Waals surface area (Å²) in [4.78, 5) is 12.1. The molecular formula is C7H13NO4S. The molecule has 0 unspecified atom stereocenters. The van der Waals surface area contributed by atoms with Crippen LogP contribution in [0, 0.1) is 0 Å². The van der Waals surface area contributed by atoms with E-state index in [-0.39, 0.29) is 4.91 Å². The van der Waals surface area contributed by atoms with Crippen molar-refractivity contribution in [2.24, 2.45) is 0 Å². The van der Waals surface area contributed by atoms with Crippen LogP contribution in [0.2, 0.25) is 0 Å². The first-order chi connectivity index (χ1) is 5.79. The van der Waals surface area contributed by atoms with Gasteiger partial charge in [0.25, 0.3) is 0 Å². The zero-order valence-electron chi connectivity index (χ0n) is 8.07. The second-order valence-corrected chi connectivity index (χ2v) is 4.70. The van der Waals surface area contributed by atoms with Crippen LogP contribution in [0.4, 0.5) is 0 Å². The van der Waals surface area contributed by atoms with Gasteiger partial charge in [-0.25, -0.2) is 13.2 Å². The van der Waals surface area contributed by atoms with Crippen LogP contribution in [0.1, 0.15) is 0 Å². The molecule has 0 aliphatic carbocycles. The standard InChI is InChI=1S/C7H13NO4S/c1-8(2)5-6(7(9)12-3)13(4,10)11/h5H,1-4H3.